The number of rotatable bonds is 6. The molecule has 1 aliphatic heterocycles. The fraction of sp³-hybridized carbons (Fsp3) is 0.500. The van der Waals surface area contributed by atoms with Gasteiger partial charge in [0.15, 0.2) is 11.5 Å². The minimum Gasteiger partial charge on any atom is -0.504 e. The Morgan fingerprint density at radius 2 is 1.70 bits per heavy atom. The van der Waals surface area contributed by atoms with Crippen LogP contribution in [-0.4, -0.2) is 47.6 Å². The van der Waals surface area contributed by atoms with Crippen molar-refractivity contribution in [1.82, 2.24) is 10.2 Å². The zero-order valence-corrected chi connectivity index (χ0v) is 20.7. The minimum absolute atomic E-state index is 0.0155. The van der Waals surface area contributed by atoms with Gasteiger partial charge >= 0.3 is 6.18 Å². The average Bonchev–Trinajstić information content (AvgIpc) is 3.66. The van der Waals surface area contributed by atoms with Gasteiger partial charge in [-0.15, -0.1) is 0 Å². The molecular formula is C28H31F3N2O4. The third-order valence-electron chi connectivity index (χ3n) is 8.20. The second-order valence-corrected chi connectivity index (χ2v) is 10.7. The fourth-order valence-electron chi connectivity index (χ4n) is 5.81. The van der Waals surface area contributed by atoms with E-state index in [1.165, 1.54) is 12.1 Å². The molecule has 0 atom stereocenters. The Morgan fingerprint density at radius 3 is 2.27 bits per heavy atom. The van der Waals surface area contributed by atoms with Gasteiger partial charge in [0.2, 0.25) is 5.91 Å². The van der Waals surface area contributed by atoms with Gasteiger partial charge in [-0.25, -0.2) is 0 Å². The number of carbonyl (C=O) groups is 2. The Bertz CT molecular complexity index is 1170. The largest absolute Gasteiger partial charge is 0.504 e. The quantitative estimate of drug-likeness (QED) is 0.564. The van der Waals surface area contributed by atoms with Gasteiger partial charge in [0, 0.05) is 24.5 Å². The summed E-state index contributed by atoms with van der Waals surface area (Å²) in [6.07, 6.45) is 0.208. The molecule has 3 fully saturated rings. The predicted molar refractivity (Wildman–Crippen MR) is 130 cm³/mol. The van der Waals surface area contributed by atoms with E-state index < -0.39 is 17.2 Å². The Hall–Kier alpha value is -3.23. The van der Waals surface area contributed by atoms with Gasteiger partial charge in [0.25, 0.3) is 5.91 Å². The van der Waals surface area contributed by atoms with Crippen LogP contribution in [0.15, 0.2) is 42.5 Å². The molecule has 3 aliphatic rings. The Morgan fingerprint density at radius 1 is 1.05 bits per heavy atom. The molecule has 0 aromatic heterocycles. The lowest BCUT2D eigenvalue weighted by Crippen LogP contribution is -2.60. The van der Waals surface area contributed by atoms with Crippen molar-refractivity contribution in [2.24, 2.45) is 5.41 Å². The molecule has 2 N–H and O–H groups in total. The topological polar surface area (TPSA) is 78.9 Å². The van der Waals surface area contributed by atoms with Crippen molar-refractivity contribution in [3.63, 3.8) is 0 Å². The van der Waals surface area contributed by atoms with E-state index in [0.717, 1.165) is 37.8 Å². The first kappa shape index (κ1) is 25.4. The predicted octanol–water partition coefficient (Wildman–Crippen LogP) is 5.04. The summed E-state index contributed by atoms with van der Waals surface area (Å²) < 4.78 is 44.1. The van der Waals surface area contributed by atoms with E-state index in [1.54, 1.807) is 23.1 Å². The molecule has 2 saturated carbocycles. The van der Waals surface area contributed by atoms with Crippen molar-refractivity contribution in [3.8, 4) is 11.5 Å². The molecule has 0 unspecified atom stereocenters. The number of amides is 2. The minimum atomic E-state index is -4.40. The van der Waals surface area contributed by atoms with Crippen LogP contribution < -0.4 is 10.1 Å². The molecule has 1 saturated heterocycles. The van der Waals surface area contributed by atoms with Crippen LogP contribution in [0.3, 0.4) is 0 Å². The number of ether oxygens (including phenoxy) is 1. The molecule has 2 aliphatic carbocycles. The van der Waals surface area contributed by atoms with Gasteiger partial charge in [0.1, 0.15) is 0 Å². The Labute approximate surface area is 213 Å². The normalized spacial score (nSPS) is 20.3. The maximum absolute atomic E-state index is 13.1. The molecule has 37 heavy (non-hydrogen) atoms. The molecule has 198 valence electrons. The first-order valence-electron chi connectivity index (χ1n) is 12.8. The average molecular weight is 517 g/mol. The number of likely N-dealkylation sites (tertiary alicyclic amines) is 1. The van der Waals surface area contributed by atoms with Crippen molar-refractivity contribution >= 4 is 11.8 Å². The highest BCUT2D eigenvalue weighted by Crippen LogP contribution is 2.50. The number of nitrogens with one attached hydrogen (secondary N) is 1. The molecule has 2 aromatic rings. The zero-order chi connectivity index (χ0) is 26.4. The van der Waals surface area contributed by atoms with E-state index in [0.29, 0.717) is 43.9 Å². The molecule has 0 radical (unpaired) electrons. The summed E-state index contributed by atoms with van der Waals surface area (Å²) in [6.45, 7) is 3.42. The van der Waals surface area contributed by atoms with E-state index in [9.17, 15) is 27.9 Å². The van der Waals surface area contributed by atoms with Gasteiger partial charge in [-0.2, -0.15) is 13.2 Å². The second kappa shape index (κ2) is 9.26. The first-order valence-corrected chi connectivity index (χ1v) is 12.8. The summed E-state index contributed by atoms with van der Waals surface area (Å²) in [5.41, 5.74) is -0.545. The van der Waals surface area contributed by atoms with E-state index in [-0.39, 0.29) is 34.6 Å². The Balaban J connectivity index is 1.14. The number of halogens is 3. The second-order valence-electron chi connectivity index (χ2n) is 10.7. The number of benzene rings is 2. The molecule has 2 amide bonds. The van der Waals surface area contributed by atoms with Crippen molar-refractivity contribution in [2.45, 2.75) is 63.1 Å². The number of phenolic OH excluding ortho intramolecular Hbond substituents is 1. The summed E-state index contributed by atoms with van der Waals surface area (Å²) in [7, 11) is 0. The monoisotopic (exact) mass is 516 g/mol. The molecule has 1 spiro atoms. The van der Waals surface area contributed by atoms with Crippen LogP contribution in [0.1, 0.15) is 66.9 Å². The maximum atomic E-state index is 13.1. The zero-order valence-electron chi connectivity index (χ0n) is 20.7. The standard InChI is InChI=1S/C28H31F3N2O4/c1-2-37-22-5-3-4-21(23(22)34)24(35)33-16-26(17-33)12-10-20(11-13-26)32-25(36)27(14-15-27)18-6-8-19(9-7-18)28(29,30)31/h3-9,20,34H,2,10-17H2,1H3,(H,32,36). The summed E-state index contributed by atoms with van der Waals surface area (Å²) in [5.74, 6) is -0.163. The number of nitrogens with zero attached hydrogens (tertiary/aromatic N) is 1. The van der Waals surface area contributed by atoms with Crippen molar-refractivity contribution < 1.29 is 32.6 Å². The van der Waals surface area contributed by atoms with Crippen LogP contribution in [0.5, 0.6) is 11.5 Å². The van der Waals surface area contributed by atoms with E-state index in [4.69, 9.17) is 4.74 Å². The lowest BCUT2D eigenvalue weighted by Gasteiger charge is -2.53. The first-order chi connectivity index (χ1) is 17.6. The smallest absolute Gasteiger partial charge is 0.416 e. The highest BCUT2D eigenvalue weighted by atomic mass is 19.4. The number of hydrogen-bond acceptors (Lipinski definition) is 4. The van der Waals surface area contributed by atoms with Gasteiger partial charge in [-0.1, -0.05) is 18.2 Å². The van der Waals surface area contributed by atoms with Crippen molar-refractivity contribution in [1.29, 1.82) is 0 Å². The number of aromatic hydroxyl groups is 1. The maximum Gasteiger partial charge on any atom is 0.416 e. The number of carbonyl (C=O) groups excluding carboxylic acids is 2. The third-order valence-corrected chi connectivity index (χ3v) is 8.20. The van der Waals surface area contributed by atoms with Crippen molar-refractivity contribution in [2.75, 3.05) is 19.7 Å². The number of phenols is 1. The van der Waals surface area contributed by atoms with Gasteiger partial charge < -0.3 is 20.1 Å². The number of alkyl halides is 3. The Kier molecular flexibility index (Phi) is 6.36. The number of hydrogen-bond donors (Lipinski definition) is 2. The molecule has 0 bridgehead atoms. The highest BCUT2D eigenvalue weighted by Gasteiger charge is 2.53. The van der Waals surface area contributed by atoms with Crippen LogP contribution >= 0.6 is 0 Å². The molecular weight excluding hydrogens is 485 g/mol. The SMILES string of the molecule is CCOc1cccc(C(=O)N2CC3(CCC(NC(=O)C4(c5ccc(C(F)(F)F)cc5)CC4)CC3)C2)c1O. The molecule has 2 aromatic carbocycles. The molecule has 9 heteroatoms. The van der Waals surface area contributed by atoms with Gasteiger partial charge in [0.05, 0.1) is 23.1 Å². The molecule has 1 heterocycles. The van der Waals surface area contributed by atoms with Crippen LogP contribution in [0.2, 0.25) is 0 Å². The van der Waals surface area contributed by atoms with Gasteiger partial charge in [-0.3, -0.25) is 9.59 Å². The highest BCUT2D eigenvalue weighted by molar-refractivity contribution is 5.98. The number of para-hydroxylation sites is 1. The van der Waals surface area contributed by atoms with Crippen LogP contribution in [-0.2, 0) is 16.4 Å². The van der Waals surface area contributed by atoms with Crippen LogP contribution in [0.4, 0.5) is 13.2 Å². The lowest BCUT2D eigenvalue weighted by atomic mass is 9.67. The summed E-state index contributed by atoms with van der Waals surface area (Å²) in [4.78, 5) is 27.8. The van der Waals surface area contributed by atoms with E-state index in [2.05, 4.69) is 5.32 Å². The van der Waals surface area contributed by atoms with E-state index in [1.807, 2.05) is 6.92 Å². The van der Waals surface area contributed by atoms with Crippen LogP contribution in [0, 0.1) is 5.41 Å². The van der Waals surface area contributed by atoms with Crippen LogP contribution in [0.25, 0.3) is 0 Å². The summed E-state index contributed by atoms with van der Waals surface area (Å²) in [5, 5.41) is 13.6. The van der Waals surface area contributed by atoms with Crippen molar-refractivity contribution in [3.05, 3.63) is 59.2 Å². The summed E-state index contributed by atoms with van der Waals surface area (Å²) >= 11 is 0. The summed E-state index contributed by atoms with van der Waals surface area (Å²) in [6, 6.07) is 9.88. The third kappa shape index (κ3) is 4.76. The lowest BCUT2D eigenvalue weighted by molar-refractivity contribution is -0.137. The van der Waals surface area contributed by atoms with Gasteiger partial charge in [-0.05, 0) is 75.3 Å². The fourth-order valence-corrected chi connectivity index (χ4v) is 5.81. The molecule has 5 rings (SSSR count). The van der Waals surface area contributed by atoms with E-state index >= 15 is 0 Å². The molecule has 6 nitrogen and oxygen atoms in total.